The summed E-state index contributed by atoms with van der Waals surface area (Å²) >= 11 is 7.61. The van der Waals surface area contributed by atoms with Crippen LogP contribution in [0.2, 0.25) is 5.02 Å². The van der Waals surface area contributed by atoms with Crippen molar-refractivity contribution in [1.29, 1.82) is 0 Å². The molecule has 0 bridgehead atoms. The zero-order valence-electron chi connectivity index (χ0n) is 17.8. The minimum atomic E-state index is -2.91. The number of hydrogen-bond donors (Lipinski definition) is 2. The Hall–Kier alpha value is -2.80. The van der Waals surface area contributed by atoms with Crippen molar-refractivity contribution in [3.8, 4) is 0 Å². The smallest absolute Gasteiger partial charge is 0.333 e. The highest BCUT2D eigenvalue weighted by atomic mass is 35.5. The Morgan fingerprint density at radius 2 is 2.09 bits per heavy atom. The Morgan fingerprint density at radius 3 is 2.71 bits per heavy atom. The fourth-order valence-electron chi connectivity index (χ4n) is 4.36. The Balaban J connectivity index is 1.76. The van der Waals surface area contributed by atoms with E-state index in [2.05, 4.69) is 10.1 Å². The number of benzene rings is 1. The standard InChI is InChI=1S/C22H18ClF4N5O2S/c23-13-7-11(24)1-2-12(13)18-17(14-3-5-32(30-14)21(25)26)15-8-22(27,16(34)9-33)10-31(15)19(29-18)20-28-4-6-35-20/h1-7,16,18,21,33-34H,8-10H2/t16?,18-,22+/m0/s1. The Morgan fingerprint density at radius 1 is 1.29 bits per heavy atom. The first-order valence-corrected chi connectivity index (χ1v) is 11.7. The second-order valence-electron chi connectivity index (χ2n) is 8.17. The number of allylic oxidation sites excluding steroid dienone is 1. The van der Waals surface area contributed by atoms with Crippen LogP contribution in [0.4, 0.5) is 17.6 Å². The summed E-state index contributed by atoms with van der Waals surface area (Å²) in [4.78, 5) is 10.6. The molecule has 3 atom stereocenters. The Labute approximate surface area is 205 Å². The maximum Gasteiger partial charge on any atom is 0.333 e. The number of alkyl halides is 3. The van der Waals surface area contributed by atoms with E-state index in [4.69, 9.17) is 16.6 Å². The largest absolute Gasteiger partial charge is 0.394 e. The van der Waals surface area contributed by atoms with Gasteiger partial charge in [-0.2, -0.15) is 13.9 Å². The van der Waals surface area contributed by atoms with Crippen LogP contribution in [0.25, 0.3) is 5.57 Å². The first-order chi connectivity index (χ1) is 16.7. The van der Waals surface area contributed by atoms with Crippen molar-refractivity contribution >= 4 is 34.3 Å². The third-order valence-corrected chi connectivity index (χ3v) is 7.13. The summed E-state index contributed by atoms with van der Waals surface area (Å²) in [7, 11) is 0. The lowest BCUT2D eigenvalue weighted by Gasteiger charge is -2.32. The quantitative estimate of drug-likeness (QED) is 0.469. The maximum absolute atomic E-state index is 15.9. The maximum atomic E-state index is 15.9. The van der Waals surface area contributed by atoms with Gasteiger partial charge in [0, 0.05) is 46.1 Å². The van der Waals surface area contributed by atoms with Gasteiger partial charge >= 0.3 is 6.55 Å². The van der Waals surface area contributed by atoms with E-state index < -0.39 is 36.8 Å². The highest BCUT2D eigenvalue weighted by Crippen LogP contribution is 2.49. The molecule has 1 saturated heterocycles. The molecule has 184 valence electrons. The predicted molar refractivity (Wildman–Crippen MR) is 121 cm³/mol. The number of aliphatic hydroxyl groups excluding tert-OH is 2. The fourth-order valence-corrected chi connectivity index (χ4v) is 5.27. The monoisotopic (exact) mass is 527 g/mol. The molecule has 0 aliphatic carbocycles. The molecule has 13 heteroatoms. The number of aromatic nitrogens is 3. The van der Waals surface area contributed by atoms with E-state index in [1.54, 1.807) is 11.6 Å². The summed E-state index contributed by atoms with van der Waals surface area (Å²) < 4.78 is 56.9. The van der Waals surface area contributed by atoms with E-state index in [-0.39, 0.29) is 35.1 Å². The molecular weight excluding hydrogens is 510 g/mol. The number of aliphatic imine (C=N–C) groups is 1. The highest BCUT2D eigenvalue weighted by molar-refractivity contribution is 7.11. The summed E-state index contributed by atoms with van der Waals surface area (Å²) in [6.07, 6.45) is 0.575. The number of nitrogens with zero attached hydrogens (tertiary/aromatic N) is 5. The molecule has 0 amide bonds. The molecule has 0 radical (unpaired) electrons. The lowest BCUT2D eigenvalue weighted by molar-refractivity contribution is -0.0308. The molecule has 5 rings (SSSR count). The molecule has 0 saturated carbocycles. The molecule has 1 unspecified atom stereocenters. The van der Waals surface area contributed by atoms with Crippen molar-refractivity contribution < 1.29 is 27.8 Å². The van der Waals surface area contributed by atoms with Crippen molar-refractivity contribution in [3.05, 3.63) is 74.8 Å². The van der Waals surface area contributed by atoms with Gasteiger partial charge in [-0.05, 0) is 18.2 Å². The van der Waals surface area contributed by atoms with E-state index in [9.17, 15) is 23.4 Å². The van der Waals surface area contributed by atoms with Crippen LogP contribution in [0.3, 0.4) is 0 Å². The first kappa shape index (κ1) is 23.9. The average molecular weight is 528 g/mol. The topological polar surface area (TPSA) is 86.8 Å². The van der Waals surface area contributed by atoms with Gasteiger partial charge in [-0.1, -0.05) is 17.7 Å². The van der Waals surface area contributed by atoms with Crippen LogP contribution in [0.1, 0.15) is 35.3 Å². The SMILES string of the molecule is OCC(O)[C@@]1(F)CC2=C(c3ccn(C(F)F)n3)[C@H](c3ccc(F)cc3Cl)N=C(c3nccs3)N2C1. The minimum Gasteiger partial charge on any atom is -0.394 e. The van der Waals surface area contributed by atoms with E-state index in [1.807, 2.05) is 0 Å². The molecule has 35 heavy (non-hydrogen) atoms. The predicted octanol–water partition coefficient (Wildman–Crippen LogP) is 4.21. The molecule has 3 aromatic rings. The lowest BCUT2D eigenvalue weighted by Crippen LogP contribution is -2.44. The van der Waals surface area contributed by atoms with Crippen molar-refractivity contribution in [2.24, 2.45) is 4.99 Å². The minimum absolute atomic E-state index is 0.0389. The van der Waals surface area contributed by atoms with Crippen LogP contribution in [0.15, 0.2) is 52.7 Å². The van der Waals surface area contributed by atoms with Gasteiger partial charge in [0.1, 0.15) is 18.0 Å². The van der Waals surface area contributed by atoms with Crippen LogP contribution in [-0.4, -0.2) is 60.6 Å². The molecule has 0 spiro atoms. The van der Waals surface area contributed by atoms with Gasteiger partial charge in [0.05, 0.1) is 18.8 Å². The van der Waals surface area contributed by atoms with Crippen LogP contribution >= 0.6 is 22.9 Å². The molecule has 4 heterocycles. The van der Waals surface area contributed by atoms with Crippen LogP contribution in [0.5, 0.6) is 0 Å². The second kappa shape index (κ2) is 9.01. The van der Waals surface area contributed by atoms with Crippen LogP contribution in [0, 0.1) is 5.82 Å². The third kappa shape index (κ3) is 4.14. The fraction of sp³-hybridized carbons (Fsp3) is 0.318. The third-order valence-electron chi connectivity index (χ3n) is 6.03. The zero-order valence-corrected chi connectivity index (χ0v) is 19.4. The molecule has 7 nitrogen and oxygen atoms in total. The highest BCUT2D eigenvalue weighted by Gasteiger charge is 2.51. The number of fused-ring (bicyclic) bond motifs is 1. The molecular formula is C22H18ClF4N5O2S. The molecule has 1 fully saturated rings. The number of amidine groups is 1. The van der Waals surface area contributed by atoms with Gasteiger partial charge in [-0.3, -0.25) is 4.99 Å². The van der Waals surface area contributed by atoms with Crippen molar-refractivity contribution in [1.82, 2.24) is 19.7 Å². The van der Waals surface area contributed by atoms with Gasteiger partial charge < -0.3 is 15.1 Å². The van der Waals surface area contributed by atoms with Gasteiger partial charge in [0.15, 0.2) is 16.5 Å². The summed E-state index contributed by atoms with van der Waals surface area (Å²) in [5.41, 5.74) is -1.21. The van der Waals surface area contributed by atoms with E-state index in [1.165, 1.54) is 34.4 Å². The van der Waals surface area contributed by atoms with E-state index in [0.29, 0.717) is 20.9 Å². The second-order valence-corrected chi connectivity index (χ2v) is 9.48. The Bertz CT molecular complexity index is 1310. The summed E-state index contributed by atoms with van der Waals surface area (Å²) in [5.74, 6) is -0.298. The van der Waals surface area contributed by atoms with Crippen LogP contribution in [-0.2, 0) is 0 Å². The summed E-state index contributed by atoms with van der Waals surface area (Å²) in [6, 6.07) is 4.11. The first-order valence-electron chi connectivity index (χ1n) is 10.5. The normalized spacial score (nSPS) is 23.1. The van der Waals surface area contributed by atoms with Gasteiger partial charge in [0.25, 0.3) is 0 Å². The number of hydrogen-bond acceptors (Lipinski definition) is 7. The molecule has 2 N–H and O–H groups in total. The average Bonchev–Trinajstić information content (AvgIpc) is 3.57. The summed E-state index contributed by atoms with van der Waals surface area (Å²) in [6.45, 7) is -4.08. The molecule has 2 aromatic heterocycles. The van der Waals surface area contributed by atoms with Crippen molar-refractivity contribution in [3.63, 3.8) is 0 Å². The van der Waals surface area contributed by atoms with Crippen LogP contribution < -0.4 is 0 Å². The number of thiazole rings is 1. The molecule has 2 aliphatic heterocycles. The lowest BCUT2D eigenvalue weighted by atomic mass is 9.90. The van der Waals surface area contributed by atoms with Gasteiger partial charge in [0.2, 0.25) is 0 Å². The number of halogens is 5. The number of aliphatic hydroxyl groups is 2. The molecule has 1 aromatic carbocycles. The van der Waals surface area contributed by atoms with Gasteiger partial charge in [-0.25, -0.2) is 18.4 Å². The van der Waals surface area contributed by atoms with Crippen molar-refractivity contribution in [2.75, 3.05) is 13.2 Å². The summed E-state index contributed by atoms with van der Waals surface area (Å²) in [5, 5.41) is 25.9. The van der Waals surface area contributed by atoms with Crippen molar-refractivity contribution in [2.45, 2.75) is 30.8 Å². The Kier molecular flexibility index (Phi) is 6.16. The zero-order chi connectivity index (χ0) is 24.9. The number of rotatable bonds is 6. The van der Waals surface area contributed by atoms with E-state index in [0.717, 1.165) is 12.3 Å². The van der Waals surface area contributed by atoms with E-state index >= 15 is 4.39 Å². The molecule has 2 aliphatic rings. The van der Waals surface area contributed by atoms with Gasteiger partial charge in [-0.15, -0.1) is 11.3 Å².